The van der Waals surface area contributed by atoms with Crippen molar-refractivity contribution in [3.05, 3.63) is 60.6 Å². The molecule has 1 aliphatic carbocycles. The minimum Gasteiger partial charge on any atom is -0.406 e. The van der Waals surface area contributed by atoms with E-state index in [1.807, 2.05) is 28.9 Å². The summed E-state index contributed by atoms with van der Waals surface area (Å²) in [6, 6.07) is 8.79. The minimum atomic E-state index is -4.75. The zero-order chi connectivity index (χ0) is 19.7. The number of anilines is 1. The van der Waals surface area contributed by atoms with E-state index in [0.717, 1.165) is 36.2 Å². The molecule has 4 rings (SSSR count). The van der Waals surface area contributed by atoms with E-state index < -0.39 is 6.36 Å². The van der Waals surface area contributed by atoms with E-state index in [1.165, 1.54) is 12.1 Å². The highest BCUT2D eigenvalue weighted by atomic mass is 19.4. The molecule has 1 fully saturated rings. The molecule has 9 heteroatoms. The molecule has 6 nitrogen and oxygen atoms in total. The molecule has 1 saturated carbocycles. The number of urea groups is 1. The van der Waals surface area contributed by atoms with Crippen molar-refractivity contribution >= 4 is 17.4 Å². The van der Waals surface area contributed by atoms with Crippen molar-refractivity contribution in [1.82, 2.24) is 14.3 Å². The van der Waals surface area contributed by atoms with Crippen molar-refractivity contribution < 1.29 is 22.7 Å². The molecular formula is C19H17F3N4O2. The van der Waals surface area contributed by atoms with Gasteiger partial charge in [0.15, 0.2) is 0 Å². The number of nitrogens with one attached hydrogen (secondary N) is 1. The lowest BCUT2D eigenvalue weighted by molar-refractivity contribution is -0.274. The second kappa shape index (κ2) is 7.06. The summed E-state index contributed by atoms with van der Waals surface area (Å²) in [4.78, 5) is 18.7. The molecule has 1 N–H and O–H groups in total. The van der Waals surface area contributed by atoms with E-state index in [4.69, 9.17) is 0 Å². The second-order valence-corrected chi connectivity index (χ2v) is 6.59. The zero-order valence-electron chi connectivity index (χ0n) is 14.7. The van der Waals surface area contributed by atoms with Gasteiger partial charge in [-0.25, -0.2) is 9.78 Å². The summed E-state index contributed by atoms with van der Waals surface area (Å²) < 4.78 is 42.4. The van der Waals surface area contributed by atoms with E-state index in [9.17, 15) is 18.0 Å². The first-order valence-electron chi connectivity index (χ1n) is 8.72. The number of carbonyl (C=O) groups excluding carboxylic acids is 1. The molecule has 0 unspecified atom stereocenters. The van der Waals surface area contributed by atoms with Gasteiger partial charge in [0.05, 0.1) is 0 Å². The number of rotatable bonds is 5. The Balaban J connectivity index is 1.43. The van der Waals surface area contributed by atoms with Crippen LogP contribution in [0.2, 0.25) is 0 Å². The third kappa shape index (κ3) is 4.36. The molecule has 0 radical (unpaired) electrons. The van der Waals surface area contributed by atoms with Crippen LogP contribution in [0.15, 0.2) is 55.0 Å². The van der Waals surface area contributed by atoms with Gasteiger partial charge < -0.3 is 19.4 Å². The average Bonchev–Trinajstić information content (AvgIpc) is 3.37. The number of alkyl halides is 3. The number of amides is 2. The zero-order valence-corrected chi connectivity index (χ0v) is 14.7. The van der Waals surface area contributed by atoms with Crippen molar-refractivity contribution in [3.63, 3.8) is 0 Å². The van der Waals surface area contributed by atoms with Crippen LogP contribution >= 0.6 is 0 Å². The lowest BCUT2D eigenvalue weighted by Gasteiger charge is -2.23. The smallest absolute Gasteiger partial charge is 0.406 e. The highest BCUT2D eigenvalue weighted by molar-refractivity contribution is 5.89. The number of fused-ring (bicyclic) bond motifs is 1. The molecular weight excluding hydrogens is 373 g/mol. The van der Waals surface area contributed by atoms with E-state index in [2.05, 4.69) is 15.0 Å². The fraction of sp³-hybridized carbons (Fsp3) is 0.263. The number of nitrogens with zero attached hydrogens (tertiary/aromatic N) is 3. The number of carbonyl (C=O) groups is 1. The van der Waals surface area contributed by atoms with Crippen molar-refractivity contribution in [2.75, 3.05) is 5.32 Å². The summed E-state index contributed by atoms with van der Waals surface area (Å²) in [6.07, 6.45) is 2.55. The van der Waals surface area contributed by atoms with Crippen LogP contribution < -0.4 is 10.1 Å². The summed E-state index contributed by atoms with van der Waals surface area (Å²) in [5.41, 5.74) is 2.15. The summed E-state index contributed by atoms with van der Waals surface area (Å²) in [5, 5.41) is 2.74. The summed E-state index contributed by atoms with van der Waals surface area (Å²) in [7, 11) is 0. The molecule has 3 aromatic rings. The van der Waals surface area contributed by atoms with Crippen LogP contribution in [0, 0.1) is 0 Å². The maximum Gasteiger partial charge on any atom is 0.573 e. The third-order valence-corrected chi connectivity index (χ3v) is 4.40. The first-order chi connectivity index (χ1) is 13.4. The molecule has 0 aliphatic heterocycles. The first kappa shape index (κ1) is 18.1. The Morgan fingerprint density at radius 3 is 2.64 bits per heavy atom. The van der Waals surface area contributed by atoms with Crippen molar-refractivity contribution in [2.45, 2.75) is 31.8 Å². The molecule has 0 bridgehead atoms. The summed E-state index contributed by atoms with van der Waals surface area (Å²) in [5.74, 6) is -0.336. The maximum atomic E-state index is 12.7. The fourth-order valence-corrected chi connectivity index (χ4v) is 2.94. The second-order valence-electron chi connectivity index (χ2n) is 6.59. The van der Waals surface area contributed by atoms with Gasteiger partial charge in [-0.3, -0.25) is 0 Å². The Kier molecular flexibility index (Phi) is 4.58. The number of hydrogen-bond acceptors (Lipinski definition) is 3. The molecule has 1 aromatic carbocycles. The first-order valence-corrected chi connectivity index (χ1v) is 8.72. The molecule has 2 heterocycles. The summed E-state index contributed by atoms with van der Waals surface area (Å²) >= 11 is 0. The highest BCUT2D eigenvalue weighted by Crippen LogP contribution is 2.30. The molecule has 2 amide bonds. The topological polar surface area (TPSA) is 58.9 Å². The van der Waals surface area contributed by atoms with Crippen LogP contribution in [0.1, 0.15) is 18.4 Å². The van der Waals surface area contributed by atoms with Crippen LogP contribution in [0.3, 0.4) is 0 Å². The normalized spacial score (nSPS) is 14.1. The molecule has 146 valence electrons. The lowest BCUT2D eigenvalue weighted by atomic mass is 10.2. The van der Waals surface area contributed by atoms with Crippen LogP contribution in [-0.4, -0.2) is 32.7 Å². The summed E-state index contributed by atoms with van der Waals surface area (Å²) in [6.45, 7) is 0.426. The quantitative estimate of drug-likeness (QED) is 0.701. The third-order valence-electron chi connectivity index (χ3n) is 4.40. The van der Waals surface area contributed by atoms with E-state index in [1.54, 1.807) is 11.1 Å². The van der Waals surface area contributed by atoms with Gasteiger partial charge in [0.2, 0.25) is 0 Å². The molecule has 0 spiro atoms. The van der Waals surface area contributed by atoms with E-state index in [0.29, 0.717) is 12.2 Å². The lowest BCUT2D eigenvalue weighted by Crippen LogP contribution is -2.36. The van der Waals surface area contributed by atoms with E-state index in [-0.39, 0.29) is 17.8 Å². The Morgan fingerprint density at radius 1 is 1.21 bits per heavy atom. The maximum absolute atomic E-state index is 12.7. The number of halogens is 3. The van der Waals surface area contributed by atoms with Gasteiger partial charge in [-0.05, 0) is 54.8 Å². The predicted octanol–water partition coefficient (Wildman–Crippen LogP) is 4.43. The monoisotopic (exact) mass is 390 g/mol. The van der Waals surface area contributed by atoms with Gasteiger partial charge in [-0.2, -0.15) is 0 Å². The Hall–Kier alpha value is -3.23. The number of pyridine rings is 1. The largest absolute Gasteiger partial charge is 0.573 e. The van der Waals surface area contributed by atoms with Gasteiger partial charge >= 0.3 is 12.4 Å². The minimum absolute atomic E-state index is 0.156. The molecule has 2 aromatic heterocycles. The van der Waals surface area contributed by atoms with Crippen molar-refractivity contribution in [2.24, 2.45) is 0 Å². The van der Waals surface area contributed by atoms with E-state index >= 15 is 0 Å². The van der Waals surface area contributed by atoms with Gasteiger partial charge in [-0.1, -0.05) is 0 Å². The molecule has 0 atom stereocenters. The highest BCUT2D eigenvalue weighted by Gasteiger charge is 2.33. The number of hydrogen-bond donors (Lipinski definition) is 1. The number of imidazole rings is 1. The Labute approximate surface area is 158 Å². The average molecular weight is 390 g/mol. The van der Waals surface area contributed by atoms with Gasteiger partial charge in [-0.15, -0.1) is 13.2 Å². The van der Waals surface area contributed by atoms with Crippen LogP contribution in [0.25, 0.3) is 5.65 Å². The number of ether oxygens (including phenoxy) is 1. The standard InChI is InChI=1S/C19H17F3N4O2/c20-19(21,22)28-16-5-1-14(2-6-16)24-18(27)26(15-3-4-15)12-13-7-9-25-10-8-23-17(25)11-13/h1-2,5-11,15H,3-4,12H2,(H,24,27). The molecule has 0 saturated heterocycles. The number of benzene rings is 1. The van der Waals surface area contributed by atoms with Gasteiger partial charge in [0, 0.05) is 36.9 Å². The van der Waals surface area contributed by atoms with Crippen molar-refractivity contribution in [3.8, 4) is 5.75 Å². The van der Waals surface area contributed by atoms with Gasteiger partial charge in [0.25, 0.3) is 0 Å². The Bertz CT molecular complexity index is 981. The van der Waals surface area contributed by atoms with Crippen LogP contribution in [-0.2, 0) is 6.54 Å². The fourth-order valence-electron chi connectivity index (χ4n) is 2.94. The molecule has 1 aliphatic rings. The van der Waals surface area contributed by atoms with Crippen molar-refractivity contribution in [1.29, 1.82) is 0 Å². The van der Waals surface area contributed by atoms with Gasteiger partial charge in [0.1, 0.15) is 11.4 Å². The van der Waals surface area contributed by atoms with Crippen LogP contribution in [0.4, 0.5) is 23.7 Å². The number of aromatic nitrogens is 2. The molecule has 28 heavy (non-hydrogen) atoms. The van der Waals surface area contributed by atoms with Crippen LogP contribution in [0.5, 0.6) is 5.75 Å². The Morgan fingerprint density at radius 2 is 1.96 bits per heavy atom. The SMILES string of the molecule is O=C(Nc1ccc(OC(F)(F)F)cc1)N(Cc1ccn2ccnc2c1)C1CC1. The predicted molar refractivity (Wildman–Crippen MR) is 95.9 cm³/mol.